The van der Waals surface area contributed by atoms with E-state index in [0.717, 1.165) is 4.90 Å². The number of carbonyl (C=O) groups excluding carboxylic acids is 3. The molecule has 3 N–H and O–H groups in total. The summed E-state index contributed by atoms with van der Waals surface area (Å²) in [5.74, 6) is -1.92. The molecule has 0 bridgehead atoms. The standard InChI is InChI=1S/C20H31N3O7S/c1-6-12-10-20(12,16(26)22-31(28,29)19(5)7-8-19)21-15(25)14-9-13(24)11-23(14)17(27)30-18(2,3)4/h6,12-14,24H,1,7-11H2,2-5H3,(H,21,25)(H,22,26)/t12-,13-,14+,20-/m1/s1. The van der Waals surface area contributed by atoms with Crippen molar-refractivity contribution in [3.63, 3.8) is 0 Å². The van der Waals surface area contributed by atoms with Gasteiger partial charge in [-0.25, -0.2) is 13.2 Å². The van der Waals surface area contributed by atoms with Crippen LogP contribution in [0.3, 0.4) is 0 Å². The normalized spacial score (nSPS) is 31.5. The molecule has 0 aromatic heterocycles. The molecule has 3 amide bonds. The molecule has 1 saturated heterocycles. The van der Waals surface area contributed by atoms with Crippen LogP contribution < -0.4 is 10.0 Å². The maximum Gasteiger partial charge on any atom is 0.411 e. The molecular formula is C20H31N3O7S. The second-order valence-corrected chi connectivity index (χ2v) is 12.1. The van der Waals surface area contributed by atoms with Crippen LogP contribution in [0.1, 0.15) is 53.4 Å². The van der Waals surface area contributed by atoms with Crippen LogP contribution >= 0.6 is 0 Å². The number of hydrogen-bond acceptors (Lipinski definition) is 7. The first-order valence-electron chi connectivity index (χ1n) is 10.3. The SMILES string of the molecule is C=C[C@@H]1C[C@]1(NC(=O)[C@@H]1C[C@@H](O)CN1C(=O)OC(C)(C)C)C(=O)NS(=O)(=O)C1(C)CC1. The number of amides is 3. The minimum Gasteiger partial charge on any atom is -0.444 e. The molecule has 0 aromatic rings. The number of β-amino-alcohol motifs (C(OH)–C–C–N with tert-alkyl or cyclic N) is 1. The minimum absolute atomic E-state index is 0.0160. The van der Waals surface area contributed by atoms with Crippen LogP contribution in [0.4, 0.5) is 4.79 Å². The number of nitrogens with zero attached hydrogens (tertiary/aromatic N) is 1. The zero-order valence-corrected chi connectivity index (χ0v) is 19.1. The monoisotopic (exact) mass is 457 g/mol. The molecule has 174 valence electrons. The van der Waals surface area contributed by atoms with E-state index in [-0.39, 0.29) is 19.4 Å². The molecule has 3 rings (SSSR count). The fraction of sp³-hybridized carbons (Fsp3) is 0.750. The van der Waals surface area contributed by atoms with Crippen molar-refractivity contribution in [3.8, 4) is 0 Å². The van der Waals surface area contributed by atoms with Crippen molar-refractivity contribution >= 4 is 27.9 Å². The minimum atomic E-state index is -3.88. The highest BCUT2D eigenvalue weighted by atomic mass is 32.2. The highest BCUT2D eigenvalue weighted by Gasteiger charge is 2.62. The summed E-state index contributed by atoms with van der Waals surface area (Å²) in [5, 5.41) is 12.7. The van der Waals surface area contributed by atoms with Gasteiger partial charge >= 0.3 is 6.09 Å². The van der Waals surface area contributed by atoms with Gasteiger partial charge in [-0.05, 0) is 47.0 Å². The smallest absolute Gasteiger partial charge is 0.411 e. The Morgan fingerprint density at radius 1 is 1.26 bits per heavy atom. The summed E-state index contributed by atoms with van der Waals surface area (Å²) in [6.07, 6.45) is 0.927. The van der Waals surface area contributed by atoms with E-state index in [1.54, 1.807) is 27.7 Å². The van der Waals surface area contributed by atoms with Crippen LogP contribution in [-0.2, 0) is 24.3 Å². The number of hydrogen-bond donors (Lipinski definition) is 3. The topological polar surface area (TPSA) is 142 Å². The molecule has 0 spiro atoms. The maximum absolute atomic E-state index is 13.0. The number of sulfonamides is 1. The second-order valence-electron chi connectivity index (χ2n) is 9.93. The molecule has 3 fully saturated rings. The van der Waals surface area contributed by atoms with Crippen molar-refractivity contribution in [2.45, 2.75) is 81.4 Å². The molecule has 2 aliphatic carbocycles. The van der Waals surface area contributed by atoms with Gasteiger partial charge < -0.3 is 15.2 Å². The third-order valence-electron chi connectivity index (χ3n) is 6.09. The Kier molecular flexibility index (Phi) is 5.67. The van der Waals surface area contributed by atoms with Gasteiger partial charge in [0.2, 0.25) is 15.9 Å². The number of carbonyl (C=O) groups is 3. The third kappa shape index (κ3) is 4.57. The molecule has 0 radical (unpaired) electrons. The van der Waals surface area contributed by atoms with Gasteiger partial charge in [-0.2, -0.15) is 0 Å². The Hall–Kier alpha value is -2.14. The summed E-state index contributed by atoms with van der Waals surface area (Å²) in [6, 6.07) is -1.04. The van der Waals surface area contributed by atoms with E-state index in [9.17, 15) is 27.9 Å². The molecule has 0 unspecified atom stereocenters. The summed E-state index contributed by atoms with van der Waals surface area (Å²) >= 11 is 0. The first-order valence-corrected chi connectivity index (χ1v) is 11.8. The molecule has 1 heterocycles. The average molecular weight is 458 g/mol. The lowest BCUT2D eigenvalue weighted by molar-refractivity contribution is -0.131. The lowest BCUT2D eigenvalue weighted by atomic mass is 10.1. The first-order chi connectivity index (χ1) is 14.1. The van der Waals surface area contributed by atoms with Gasteiger partial charge in [0.1, 0.15) is 17.2 Å². The average Bonchev–Trinajstić information content (AvgIpc) is 3.50. The van der Waals surface area contributed by atoms with Crippen molar-refractivity contribution in [2.75, 3.05) is 6.54 Å². The number of aliphatic hydroxyl groups excluding tert-OH is 1. The summed E-state index contributed by atoms with van der Waals surface area (Å²) < 4.78 is 31.4. The predicted molar refractivity (Wildman–Crippen MR) is 111 cm³/mol. The van der Waals surface area contributed by atoms with Gasteiger partial charge in [-0.3, -0.25) is 19.2 Å². The summed E-state index contributed by atoms with van der Waals surface area (Å²) in [6.45, 7) is 10.2. The zero-order valence-electron chi connectivity index (χ0n) is 18.3. The number of rotatable bonds is 6. The Balaban J connectivity index is 1.75. The van der Waals surface area contributed by atoms with Crippen LogP contribution in [0.15, 0.2) is 12.7 Å². The van der Waals surface area contributed by atoms with E-state index in [1.165, 1.54) is 6.08 Å². The molecule has 11 heteroatoms. The van der Waals surface area contributed by atoms with Crippen molar-refractivity contribution in [1.29, 1.82) is 0 Å². The van der Waals surface area contributed by atoms with Gasteiger partial charge in [0.15, 0.2) is 0 Å². The van der Waals surface area contributed by atoms with Gasteiger partial charge in [0.05, 0.1) is 17.4 Å². The van der Waals surface area contributed by atoms with Crippen molar-refractivity contribution in [1.82, 2.24) is 14.9 Å². The highest BCUT2D eigenvalue weighted by molar-refractivity contribution is 7.91. The second kappa shape index (κ2) is 7.47. The lowest BCUT2D eigenvalue weighted by Crippen LogP contribution is -2.57. The van der Waals surface area contributed by atoms with E-state index in [0.29, 0.717) is 12.8 Å². The maximum atomic E-state index is 13.0. The van der Waals surface area contributed by atoms with Crippen LogP contribution in [0.2, 0.25) is 0 Å². The molecule has 4 atom stereocenters. The molecule has 31 heavy (non-hydrogen) atoms. The van der Waals surface area contributed by atoms with Crippen LogP contribution in [-0.4, -0.2) is 70.9 Å². The van der Waals surface area contributed by atoms with Crippen molar-refractivity contribution in [3.05, 3.63) is 12.7 Å². The summed E-state index contributed by atoms with van der Waals surface area (Å²) in [7, 11) is -3.88. The quantitative estimate of drug-likeness (QED) is 0.491. The molecule has 1 aliphatic heterocycles. The van der Waals surface area contributed by atoms with Gasteiger partial charge in [0.25, 0.3) is 5.91 Å². The first kappa shape index (κ1) is 23.5. The predicted octanol–water partition coefficient (Wildman–Crippen LogP) is 0.416. The molecule has 10 nitrogen and oxygen atoms in total. The van der Waals surface area contributed by atoms with Crippen LogP contribution in [0, 0.1) is 5.92 Å². The number of aliphatic hydroxyl groups is 1. The zero-order chi connectivity index (χ0) is 23.4. The largest absolute Gasteiger partial charge is 0.444 e. The number of nitrogens with one attached hydrogen (secondary N) is 2. The third-order valence-corrected chi connectivity index (χ3v) is 8.25. The van der Waals surface area contributed by atoms with Gasteiger partial charge in [-0.1, -0.05) is 6.08 Å². The fourth-order valence-electron chi connectivity index (χ4n) is 3.70. The van der Waals surface area contributed by atoms with Crippen molar-refractivity contribution < 1.29 is 32.6 Å². The fourth-order valence-corrected chi connectivity index (χ4v) is 5.02. The van der Waals surface area contributed by atoms with E-state index in [2.05, 4.69) is 16.6 Å². The van der Waals surface area contributed by atoms with Crippen LogP contribution in [0.25, 0.3) is 0 Å². The van der Waals surface area contributed by atoms with Gasteiger partial charge in [0, 0.05) is 12.3 Å². The van der Waals surface area contributed by atoms with Crippen LogP contribution in [0.5, 0.6) is 0 Å². The molecule has 0 aromatic carbocycles. The Morgan fingerprint density at radius 2 is 1.87 bits per heavy atom. The highest BCUT2D eigenvalue weighted by Crippen LogP contribution is 2.47. The van der Waals surface area contributed by atoms with Crippen molar-refractivity contribution in [2.24, 2.45) is 5.92 Å². The molecular weight excluding hydrogens is 426 g/mol. The number of ether oxygens (including phenoxy) is 1. The number of likely N-dealkylation sites (tertiary alicyclic amines) is 1. The summed E-state index contributed by atoms with van der Waals surface area (Å²) in [5.41, 5.74) is -2.24. The van der Waals surface area contributed by atoms with E-state index in [4.69, 9.17) is 4.74 Å². The van der Waals surface area contributed by atoms with E-state index < -0.39 is 61.9 Å². The molecule has 2 saturated carbocycles. The van der Waals surface area contributed by atoms with E-state index in [1.807, 2.05) is 0 Å². The lowest BCUT2D eigenvalue weighted by Gasteiger charge is -2.29. The Bertz CT molecular complexity index is 906. The van der Waals surface area contributed by atoms with E-state index >= 15 is 0 Å². The van der Waals surface area contributed by atoms with Gasteiger partial charge in [-0.15, -0.1) is 6.58 Å². The molecule has 3 aliphatic rings. The summed E-state index contributed by atoms with van der Waals surface area (Å²) in [4.78, 5) is 39.6. The Labute approximate surface area is 182 Å². The Morgan fingerprint density at radius 3 is 2.35 bits per heavy atom.